The van der Waals surface area contributed by atoms with Crippen molar-refractivity contribution >= 4 is 29.9 Å². The van der Waals surface area contributed by atoms with E-state index in [1.165, 1.54) is 12.1 Å². The molecule has 0 radical (unpaired) electrons. The molecular weight excluding hydrogens is 413 g/mol. The highest BCUT2D eigenvalue weighted by Crippen LogP contribution is 2.19. The molecule has 1 aromatic carbocycles. The average molecular weight is 433 g/mol. The summed E-state index contributed by atoms with van der Waals surface area (Å²) >= 11 is 0. The number of hydrogen-bond donors (Lipinski definition) is 1. The highest BCUT2D eigenvalue weighted by atomic mass is 127. The van der Waals surface area contributed by atoms with Gasteiger partial charge in [-0.05, 0) is 24.6 Å². The minimum Gasteiger partial charge on any atom is -0.357 e. The number of hydrogen-bond acceptors (Lipinski definition) is 1. The molecule has 0 amide bonds. The second-order valence-electron chi connectivity index (χ2n) is 4.58. The Labute approximate surface area is 144 Å². The normalized spacial score (nSPS) is 11.8. The summed E-state index contributed by atoms with van der Waals surface area (Å²) in [6.07, 6.45) is -5.16. The number of halogens is 5. The van der Waals surface area contributed by atoms with Gasteiger partial charge in [0.25, 0.3) is 0 Å². The van der Waals surface area contributed by atoms with E-state index >= 15 is 0 Å². The Hall–Kier alpha value is -1.06. The van der Waals surface area contributed by atoms with E-state index in [0.29, 0.717) is 19.0 Å². The predicted octanol–water partition coefficient (Wildman–Crippen LogP) is 3.79. The first-order valence-electron chi connectivity index (χ1n) is 6.62. The standard InChI is InChI=1S/C14H19F4N3.HI/c1-3-19-13(20-9-8-14(16,17)18)21(2)10-11-4-6-12(15)7-5-11;/h4-7H,3,8-10H2,1-2H3,(H,19,20);1H. The van der Waals surface area contributed by atoms with Crippen LogP contribution in [0.15, 0.2) is 29.3 Å². The van der Waals surface area contributed by atoms with E-state index in [1.54, 1.807) is 24.1 Å². The van der Waals surface area contributed by atoms with E-state index in [9.17, 15) is 17.6 Å². The number of aliphatic imine (C=N–C) groups is 1. The Morgan fingerprint density at radius 3 is 2.32 bits per heavy atom. The monoisotopic (exact) mass is 433 g/mol. The van der Waals surface area contributed by atoms with Gasteiger partial charge in [-0.15, -0.1) is 24.0 Å². The lowest BCUT2D eigenvalue weighted by atomic mass is 10.2. The SMILES string of the molecule is CCNC(=NCCC(F)(F)F)N(C)Cc1ccc(F)cc1.I. The van der Waals surface area contributed by atoms with E-state index in [4.69, 9.17) is 0 Å². The molecule has 0 aliphatic rings. The van der Waals surface area contributed by atoms with Crippen molar-refractivity contribution in [1.82, 2.24) is 10.2 Å². The third-order valence-electron chi connectivity index (χ3n) is 2.69. The van der Waals surface area contributed by atoms with Crippen molar-refractivity contribution in [3.63, 3.8) is 0 Å². The van der Waals surface area contributed by atoms with Gasteiger partial charge in [-0.2, -0.15) is 13.2 Å². The van der Waals surface area contributed by atoms with E-state index in [1.807, 2.05) is 6.92 Å². The fourth-order valence-corrected chi connectivity index (χ4v) is 1.70. The highest BCUT2D eigenvalue weighted by molar-refractivity contribution is 14.0. The van der Waals surface area contributed by atoms with Crippen LogP contribution in [-0.4, -0.2) is 37.2 Å². The fourth-order valence-electron chi connectivity index (χ4n) is 1.70. The van der Waals surface area contributed by atoms with Crippen molar-refractivity contribution in [2.45, 2.75) is 26.1 Å². The van der Waals surface area contributed by atoms with Gasteiger partial charge in [-0.25, -0.2) is 4.39 Å². The van der Waals surface area contributed by atoms with Crippen molar-refractivity contribution in [1.29, 1.82) is 0 Å². The summed E-state index contributed by atoms with van der Waals surface area (Å²) in [5, 5.41) is 2.93. The third-order valence-corrected chi connectivity index (χ3v) is 2.69. The molecule has 0 aliphatic heterocycles. The lowest BCUT2D eigenvalue weighted by molar-refractivity contribution is -0.132. The summed E-state index contributed by atoms with van der Waals surface area (Å²) in [4.78, 5) is 5.65. The van der Waals surface area contributed by atoms with Crippen molar-refractivity contribution < 1.29 is 17.6 Å². The Balaban J connectivity index is 0.00000441. The average Bonchev–Trinajstić information content (AvgIpc) is 2.39. The van der Waals surface area contributed by atoms with E-state index in [2.05, 4.69) is 10.3 Å². The third kappa shape index (κ3) is 8.40. The first kappa shape index (κ1) is 20.9. The van der Waals surface area contributed by atoms with Gasteiger partial charge < -0.3 is 10.2 Å². The molecule has 3 nitrogen and oxygen atoms in total. The van der Waals surface area contributed by atoms with Crippen LogP contribution < -0.4 is 5.32 Å². The van der Waals surface area contributed by atoms with Crippen LogP contribution in [0, 0.1) is 5.82 Å². The summed E-state index contributed by atoms with van der Waals surface area (Å²) in [6.45, 7) is 2.50. The van der Waals surface area contributed by atoms with E-state index in [-0.39, 0.29) is 36.3 Å². The van der Waals surface area contributed by atoms with Gasteiger partial charge in [0.05, 0.1) is 13.0 Å². The lowest BCUT2D eigenvalue weighted by Crippen LogP contribution is -2.38. The molecule has 126 valence electrons. The molecule has 0 aromatic heterocycles. The summed E-state index contributed by atoms with van der Waals surface area (Å²) in [5.41, 5.74) is 0.848. The number of benzene rings is 1. The van der Waals surface area contributed by atoms with Gasteiger partial charge in [0.1, 0.15) is 5.82 Å². The Morgan fingerprint density at radius 1 is 1.23 bits per heavy atom. The molecule has 1 rings (SSSR count). The minimum absolute atomic E-state index is 0. The summed E-state index contributed by atoms with van der Waals surface area (Å²) < 4.78 is 49.2. The minimum atomic E-state index is -4.21. The summed E-state index contributed by atoms with van der Waals surface area (Å²) in [7, 11) is 1.72. The molecule has 0 atom stereocenters. The molecule has 0 unspecified atom stereocenters. The van der Waals surface area contributed by atoms with Crippen LogP contribution >= 0.6 is 24.0 Å². The van der Waals surface area contributed by atoms with Gasteiger partial charge >= 0.3 is 6.18 Å². The summed E-state index contributed by atoms with van der Waals surface area (Å²) in [6, 6.07) is 5.95. The zero-order valence-corrected chi connectivity index (χ0v) is 14.8. The second-order valence-corrected chi connectivity index (χ2v) is 4.58. The van der Waals surface area contributed by atoms with E-state index < -0.39 is 12.6 Å². The molecule has 0 heterocycles. The molecule has 8 heteroatoms. The van der Waals surface area contributed by atoms with Crippen LogP contribution in [-0.2, 0) is 6.54 Å². The number of nitrogens with one attached hydrogen (secondary N) is 1. The molecule has 22 heavy (non-hydrogen) atoms. The number of guanidine groups is 1. The molecule has 0 fully saturated rings. The molecule has 1 N–H and O–H groups in total. The Morgan fingerprint density at radius 2 is 1.82 bits per heavy atom. The zero-order chi connectivity index (χ0) is 15.9. The largest absolute Gasteiger partial charge is 0.390 e. The highest BCUT2D eigenvalue weighted by Gasteiger charge is 2.26. The second kappa shape index (κ2) is 9.86. The van der Waals surface area contributed by atoms with Crippen LogP contribution in [0.4, 0.5) is 17.6 Å². The van der Waals surface area contributed by atoms with Crippen LogP contribution in [0.5, 0.6) is 0 Å². The van der Waals surface area contributed by atoms with Gasteiger partial charge in [-0.3, -0.25) is 4.99 Å². The molecule has 0 saturated heterocycles. The molecule has 0 aliphatic carbocycles. The first-order valence-corrected chi connectivity index (χ1v) is 6.62. The van der Waals surface area contributed by atoms with Crippen molar-refractivity contribution in [2.75, 3.05) is 20.1 Å². The van der Waals surface area contributed by atoms with Gasteiger partial charge in [0.2, 0.25) is 0 Å². The van der Waals surface area contributed by atoms with Crippen LogP contribution in [0.3, 0.4) is 0 Å². The lowest BCUT2D eigenvalue weighted by Gasteiger charge is -2.22. The van der Waals surface area contributed by atoms with Crippen LogP contribution in [0.25, 0.3) is 0 Å². The molecular formula is C14H20F4IN3. The maximum absolute atomic E-state index is 12.8. The fraction of sp³-hybridized carbons (Fsp3) is 0.500. The predicted molar refractivity (Wildman–Crippen MR) is 89.9 cm³/mol. The van der Waals surface area contributed by atoms with Gasteiger partial charge in [0.15, 0.2) is 5.96 Å². The molecule has 1 aromatic rings. The zero-order valence-electron chi connectivity index (χ0n) is 12.5. The maximum atomic E-state index is 12.8. The Bertz CT molecular complexity index is 460. The number of rotatable bonds is 5. The van der Waals surface area contributed by atoms with Crippen molar-refractivity contribution in [2.24, 2.45) is 4.99 Å². The molecule has 0 bridgehead atoms. The van der Waals surface area contributed by atoms with Crippen LogP contribution in [0.1, 0.15) is 18.9 Å². The van der Waals surface area contributed by atoms with Crippen LogP contribution in [0.2, 0.25) is 0 Å². The number of alkyl halides is 3. The number of nitrogens with zero attached hydrogens (tertiary/aromatic N) is 2. The molecule has 0 saturated carbocycles. The van der Waals surface area contributed by atoms with Gasteiger partial charge in [-0.1, -0.05) is 12.1 Å². The van der Waals surface area contributed by atoms with Gasteiger partial charge in [0, 0.05) is 20.1 Å². The topological polar surface area (TPSA) is 27.6 Å². The summed E-state index contributed by atoms with van der Waals surface area (Å²) in [5.74, 6) is 0.0678. The maximum Gasteiger partial charge on any atom is 0.390 e. The molecule has 0 spiro atoms. The van der Waals surface area contributed by atoms with Crippen molar-refractivity contribution in [3.05, 3.63) is 35.6 Å². The quantitative estimate of drug-likeness (QED) is 0.331. The first-order chi connectivity index (χ1) is 9.81. The Kier molecular flexibility index (Phi) is 9.38. The van der Waals surface area contributed by atoms with Crippen molar-refractivity contribution in [3.8, 4) is 0 Å². The van der Waals surface area contributed by atoms with E-state index in [0.717, 1.165) is 5.56 Å². The smallest absolute Gasteiger partial charge is 0.357 e.